The third-order valence-corrected chi connectivity index (χ3v) is 3.87. The second-order valence-electron chi connectivity index (χ2n) is 4.43. The lowest BCUT2D eigenvalue weighted by atomic mass is 9.89. The molecule has 1 atom stereocenters. The largest absolute Gasteiger partial charge is 0.207 e. The van der Waals surface area contributed by atoms with Crippen LogP contribution < -0.4 is 0 Å². The molecule has 0 aliphatic rings. The molecule has 0 spiro atoms. The average Bonchev–Trinajstić information content (AvgIpc) is 2.17. The molecule has 0 aliphatic carbocycles. The van der Waals surface area contributed by atoms with Gasteiger partial charge < -0.3 is 0 Å². The zero-order chi connectivity index (χ0) is 12.3. The van der Waals surface area contributed by atoms with Gasteiger partial charge in [-0.2, -0.15) is 0 Å². The molecule has 16 heavy (non-hydrogen) atoms. The van der Waals surface area contributed by atoms with Gasteiger partial charge in [0.25, 0.3) is 0 Å². The Morgan fingerprint density at radius 3 is 1.94 bits per heavy atom. The minimum Gasteiger partial charge on any atom is -0.207 e. The van der Waals surface area contributed by atoms with Gasteiger partial charge in [0, 0.05) is 0 Å². The lowest BCUT2D eigenvalue weighted by Crippen LogP contribution is -2.09. The van der Waals surface area contributed by atoms with Gasteiger partial charge in [0.1, 0.15) is 5.82 Å². The quantitative estimate of drug-likeness (QED) is 0.640. The Balaban J connectivity index is 3.12. The molecule has 0 radical (unpaired) electrons. The van der Waals surface area contributed by atoms with E-state index in [0.717, 1.165) is 29.5 Å². The number of aryl methyl sites for hydroxylation is 2. The highest BCUT2D eigenvalue weighted by Crippen LogP contribution is 2.37. The zero-order valence-electron chi connectivity index (χ0n) is 10.5. The Bertz CT molecular complexity index is 333. The minimum atomic E-state index is -0.174. The Hall–Kier alpha value is -0.560. The fourth-order valence-corrected chi connectivity index (χ4v) is 3.00. The molecule has 0 saturated heterocycles. The fourth-order valence-electron chi connectivity index (χ4n) is 2.30. The summed E-state index contributed by atoms with van der Waals surface area (Å²) in [6.07, 6.45) is 2.11. The topological polar surface area (TPSA) is 0 Å². The third kappa shape index (κ3) is 2.76. The van der Waals surface area contributed by atoms with Gasteiger partial charge >= 0.3 is 0 Å². The molecule has 0 aliphatic heterocycles. The smallest absolute Gasteiger partial charge is 0.123 e. The van der Waals surface area contributed by atoms with Gasteiger partial charge in [-0.1, -0.05) is 26.7 Å². The number of alkyl halides is 1. The summed E-state index contributed by atoms with van der Waals surface area (Å²) in [6, 6.07) is 3.14. The molecule has 0 bridgehead atoms. The first-order valence-electron chi connectivity index (χ1n) is 5.91. The van der Waals surface area contributed by atoms with E-state index >= 15 is 0 Å². The molecule has 2 heteroatoms. The van der Waals surface area contributed by atoms with Crippen LogP contribution in [0.1, 0.15) is 48.8 Å². The maximum Gasteiger partial charge on any atom is 0.123 e. The van der Waals surface area contributed by atoms with E-state index in [1.54, 1.807) is 12.1 Å². The van der Waals surface area contributed by atoms with Crippen LogP contribution in [0.4, 0.5) is 4.39 Å². The van der Waals surface area contributed by atoms with E-state index in [-0.39, 0.29) is 11.2 Å². The Morgan fingerprint density at radius 1 is 1.12 bits per heavy atom. The molecule has 1 aromatic carbocycles. The first kappa shape index (κ1) is 13.5. The highest BCUT2D eigenvalue weighted by atomic mass is 35.5. The second kappa shape index (κ2) is 5.67. The summed E-state index contributed by atoms with van der Waals surface area (Å²) < 4.78 is 13.2. The highest BCUT2D eigenvalue weighted by Gasteiger charge is 2.21. The van der Waals surface area contributed by atoms with Crippen molar-refractivity contribution in [2.24, 2.45) is 5.92 Å². The van der Waals surface area contributed by atoms with Crippen molar-refractivity contribution in [1.29, 1.82) is 0 Å². The van der Waals surface area contributed by atoms with Crippen molar-refractivity contribution in [3.63, 3.8) is 0 Å². The Morgan fingerprint density at radius 2 is 1.56 bits per heavy atom. The monoisotopic (exact) mass is 242 g/mol. The number of rotatable bonds is 4. The van der Waals surface area contributed by atoms with Crippen molar-refractivity contribution in [1.82, 2.24) is 0 Å². The summed E-state index contributed by atoms with van der Waals surface area (Å²) in [5.41, 5.74) is 3.03. The van der Waals surface area contributed by atoms with E-state index in [0.29, 0.717) is 5.92 Å². The molecule has 0 nitrogen and oxygen atoms in total. The van der Waals surface area contributed by atoms with Crippen molar-refractivity contribution < 1.29 is 4.39 Å². The van der Waals surface area contributed by atoms with Gasteiger partial charge in [0.15, 0.2) is 0 Å². The third-order valence-electron chi connectivity index (χ3n) is 3.30. The maximum absolute atomic E-state index is 13.2. The minimum absolute atomic E-state index is 0.00407. The molecule has 0 fully saturated rings. The summed E-state index contributed by atoms with van der Waals surface area (Å²) in [4.78, 5) is 0. The Kier molecular flexibility index (Phi) is 4.79. The average molecular weight is 243 g/mol. The van der Waals surface area contributed by atoms with Gasteiger partial charge in [-0.25, -0.2) is 4.39 Å². The molecule has 0 saturated carbocycles. The van der Waals surface area contributed by atoms with Crippen LogP contribution in [0.3, 0.4) is 0 Å². The summed E-state index contributed by atoms with van der Waals surface area (Å²) in [7, 11) is 0. The maximum atomic E-state index is 13.2. The van der Waals surface area contributed by atoms with Gasteiger partial charge in [0.05, 0.1) is 5.38 Å². The van der Waals surface area contributed by atoms with Gasteiger partial charge in [-0.15, -0.1) is 11.6 Å². The molecule has 0 heterocycles. The van der Waals surface area contributed by atoms with Crippen LogP contribution in [-0.4, -0.2) is 0 Å². The van der Waals surface area contributed by atoms with Crippen molar-refractivity contribution in [3.8, 4) is 0 Å². The highest BCUT2D eigenvalue weighted by molar-refractivity contribution is 6.21. The van der Waals surface area contributed by atoms with Gasteiger partial charge in [0.2, 0.25) is 0 Å². The van der Waals surface area contributed by atoms with Crippen LogP contribution in [-0.2, 0) is 0 Å². The standard InChI is InChI=1S/C14H20ClF/c1-5-11(6-2)14(15)13-9(3)7-12(16)8-10(13)4/h7-8,11,14H,5-6H2,1-4H3. The van der Waals surface area contributed by atoms with Crippen molar-refractivity contribution in [3.05, 3.63) is 34.6 Å². The lowest BCUT2D eigenvalue weighted by Gasteiger charge is -2.23. The predicted octanol–water partition coefficient (Wildman–Crippen LogP) is 5.16. The lowest BCUT2D eigenvalue weighted by molar-refractivity contribution is 0.473. The van der Waals surface area contributed by atoms with Gasteiger partial charge in [-0.05, 0) is 48.6 Å². The van der Waals surface area contributed by atoms with Crippen LogP contribution in [0.15, 0.2) is 12.1 Å². The molecular weight excluding hydrogens is 223 g/mol. The molecule has 90 valence electrons. The van der Waals surface area contributed by atoms with Crippen LogP contribution in [0, 0.1) is 25.6 Å². The van der Waals surface area contributed by atoms with E-state index in [2.05, 4.69) is 13.8 Å². The van der Waals surface area contributed by atoms with E-state index in [9.17, 15) is 4.39 Å². The summed E-state index contributed by atoms with van der Waals surface area (Å²) in [6.45, 7) is 8.17. The summed E-state index contributed by atoms with van der Waals surface area (Å²) in [5, 5.41) is -0.00407. The second-order valence-corrected chi connectivity index (χ2v) is 4.90. The molecule has 0 N–H and O–H groups in total. The van der Waals surface area contributed by atoms with Crippen molar-refractivity contribution in [2.45, 2.75) is 45.9 Å². The normalized spacial score (nSPS) is 13.2. The van der Waals surface area contributed by atoms with Gasteiger partial charge in [-0.3, -0.25) is 0 Å². The predicted molar refractivity (Wildman–Crippen MR) is 68.5 cm³/mol. The van der Waals surface area contributed by atoms with E-state index < -0.39 is 0 Å². The van der Waals surface area contributed by atoms with E-state index in [1.165, 1.54) is 0 Å². The van der Waals surface area contributed by atoms with E-state index in [4.69, 9.17) is 11.6 Å². The van der Waals surface area contributed by atoms with E-state index in [1.807, 2.05) is 13.8 Å². The first-order valence-corrected chi connectivity index (χ1v) is 6.35. The van der Waals surface area contributed by atoms with Crippen LogP contribution in [0.5, 0.6) is 0 Å². The van der Waals surface area contributed by atoms with Crippen molar-refractivity contribution >= 4 is 11.6 Å². The number of halogens is 2. The summed E-state index contributed by atoms with van der Waals surface area (Å²) in [5.74, 6) is 0.289. The molecular formula is C14H20ClF. The summed E-state index contributed by atoms with van der Waals surface area (Å²) >= 11 is 6.51. The van der Waals surface area contributed by atoms with Crippen LogP contribution in [0.25, 0.3) is 0 Å². The fraction of sp³-hybridized carbons (Fsp3) is 0.571. The molecule has 1 aromatic rings. The molecule has 1 unspecified atom stereocenters. The van der Waals surface area contributed by atoms with Crippen LogP contribution >= 0.6 is 11.6 Å². The molecule has 0 aromatic heterocycles. The molecule has 0 amide bonds. The number of benzene rings is 1. The van der Waals surface area contributed by atoms with Crippen LogP contribution in [0.2, 0.25) is 0 Å². The SMILES string of the molecule is CCC(CC)C(Cl)c1c(C)cc(F)cc1C. The molecule has 1 rings (SSSR count). The first-order chi connectivity index (χ1) is 7.51. The number of hydrogen-bond acceptors (Lipinski definition) is 0. The number of hydrogen-bond donors (Lipinski definition) is 0. The van der Waals surface area contributed by atoms with Crippen molar-refractivity contribution in [2.75, 3.05) is 0 Å². The zero-order valence-corrected chi connectivity index (χ0v) is 11.2. The Labute approximate surface area is 103 Å².